The molecular formula is C11H11NO4S. The first kappa shape index (κ1) is 13.2. The monoisotopic (exact) mass is 253 g/mol. The lowest BCUT2D eigenvalue weighted by Crippen LogP contribution is -2.08. The molecule has 0 fully saturated rings. The van der Waals surface area contributed by atoms with Crippen molar-refractivity contribution in [3.05, 3.63) is 28.8 Å². The molecule has 6 heteroatoms. The van der Waals surface area contributed by atoms with Gasteiger partial charge < -0.3 is 4.74 Å². The molecule has 90 valence electrons. The summed E-state index contributed by atoms with van der Waals surface area (Å²) >= 11 is 0. The number of sulfone groups is 1. The summed E-state index contributed by atoms with van der Waals surface area (Å²) in [5.74, 6) is -0.730. The summed E-state index contributed by atoms with van der Waals surface area (Å²) in [6.07, 6.45) is 1.04. The third kappa shape index (κ3) is 2.63. The smallest absolute Gasteiger partial charge is 0.339 e. The van der Waals surface area contributed by atoms with Crippen LogP contribution in [0.25, 0.3) is 0 Å². The fourth-order valence-electron chi connectivity index (χ4n) is 1.46. The van der Waals surface area contributed by atoms with Gasteiger partial charge in [-0.25, -0.2) is 13.2 Å². The predicted molar refractivity (Wildman–Crippen MR) is 60.3 cm³/mol. The highest BCUT2D eigenvalue weighted by Crippen LogP contribution is 2.21. The van der Waals surface area contributed by atoms with Crippen molar-refractivity contribution < 1.29 is 17.9 Å². The number of carbonyl (C=O) groups is 1. The highest BCUT2D eigenvalue weighted by molar-refractivity contribution is 7.90. The first-order chi connectivity index (χ1) is 7.81. The van der Waals surface area contributed by atoms with E-state index >= 15 is 0 Å². The number of aryl methyl sites for hydroxylation is 1. The third-order valence-electron chi connectivity index (χ3n) is 2.24. The van der Waals surface area contributed by atoms with Crippen LogP contribution < -0.4 is 0 Å². The van der Waals surface area contributed by atoms with E-state index in [4.69, 9.17) is 5.26 Å². The van der Waals surface area contributed by atoms with Crippen LogP contribution in [0.1, 0.15) is 21.5 Å². The molecule has 0 radical (unpaired) electrons. The van der Waals surface area contributed by atoms with Crippen LogP contribution in [-0.2, 0) is 14.6 Å². The molecule has 1 aromatic rings. The van der Waals surface area contributed by atoms with Crippen molar-refractivity contribution >= 4 is 15.8 Å². The standard InChI is InChI=1S/C11H11NO4S/c1-7-4-8(6-12)9(11(13)16-2)5-10(7)17(3,14)15/h4-5H,1-3H3. The Hall–Kier alpha value is -1.87. The van der Waals surface area contributed by atoms with Crippen LogP contribution in [0.15, 0.2) is 17.0 Å². The van der Waals surface area contributed by atoms with Gasteiger partial charge in [-0.3, -0.25) is 0 Å². The van der Waals surface area contributed by atoms with Gasteiger partial charge in [0.1, 0.15) is 6.07 Å². The predicted octanol–water partition coefficient (Wildman–Crippen LogP) is 1.06. The number of nitriles is 1. The fourth-order valence-corrected chi connectivity index (χ4v) is 2.43. The minimum absolute atomic E-state index is 0.0249. The topological polar surface area (TPSA) is 84.2 Å². The molecule has 0 saturated carbocycles. The van der Waals surface area contributed by atoms with Gasteiger partial charge in [0.05, 0.1) is 23.1 Å². The number of ether oxygens (including phenoxy) is 1. The van der Waals surface area contributed by atoms with Crippen LogP contribution in [0.3, 0.4) is 0 Å². The molecule has 1 aromatic carbocycles. The Morgan fingerprint density at radius 3 is 2.41 bits per heavy atom. The Bertz CT molecular complexity index is 611. The Morgan fingerprint density at radius 2 is 2.00 bits per heavy atom. The average molecular weight is 253 g/mol. The number of benzene rings is 1. The maximum Gasteiger partial charge on any atom is 0.339 e. The maximum absolute atomic E-state index is 11.5. The van der Waals surface area contributed by atoms with Crippen molar-refractivity contribution in [3.8, 4) is 6.07 Å². The third-order valence-corrected chi connectivity index (χ3v) is 3.48. The van der Waals surface area contributed by atoms with Crippen LogP contribution in [0, 0.1) is 18.3 Å². The van der Waals surface area contributed by atoms with Gasteiger partial charge in [-0.2, -0.15) is 5.26 Å². The highest BCUT2D eigenvalue weighted by atomic mass is 32.2. The average Bonchev–Trinajstić information content (AvgIpc) is 2.25. The number of carbonyl (C=O) groups excluding carboxylic acids is 1. The summed E-state index contributed by atoms with van der Waals surface area (Å²) in [6, 6.07) is 4.37. The largest absolute Gasteiger partial charge is 0.465 e. The van der Waals surface area contributed by atoms with Crippen molar-refractivity contribution in [3.63, 3.8) is 0 Å². The molecule has 0 amide bonds. The Kier molecular flexibility index (Phi) is 3.53. The summed E-state index contributed by atoms with van der Waals surface area (Å²) in [5, 5.41) is 8.87. The second-order valence-electron chi connectivity index (χ2n) is 3.54. The summed E-state index contributed by atoms with van der Waals surface area (Å²) in [4.78, 5) is 11.4. The number of hydrogen-bond donors (Lipinski definition) is 0. The van der Waals surface area contributed by atoms with Gasteiger partial charge in [-0.05, 0) is 24.6 Å². The fraction of sp³-hybridized carbons (Fsp3) is 0.273. The van der Waals surface area contributed by atoms with E-state index in [1.54, 1.807) is 6.92 Å². The van der Waals surface area contributed by atoms with Gasteiger partial charge in [0, 0.05) is 6.26 Å². The molecule has 0 unspecified atom stereocenters. The molecule has 0 aliphatic heterocycles. The van der Waals surface area contributed by atoms with Gasteiger partial charge in [-0.15, -0.1) is 0 Å². The van der Waals surface area contributed by atoms with Gasteiger partial charge in [0.2, 0.25) is 0 Å². The first-order valence-electron chi connectivity index (χ1n) is 4.64. The lowest BCUT2D eigenvalue weighted by Gasteiger charge is -2.08. The van der Waals surface area contributed by atoms with Crippen molar-refractivity contribution in [2.45, 2.75) is 11.8 Å². The molecule has 0 aliphatic carbocycles. The molecule has 0 aliphatic rings. The minimum Gasteiger partial charge on any atom is -0.465 e. The number of hydrogen-bond acceptors (Lipinski definition) is 5. The quantitative estimate of drug-likeness (QED) is 0.736. The van der Waals surface area contributed by atoms with E-state index in [0.717, 1.165) is 6.26 Å². The van der Waals surface area contributed by atoms with E-state index in [1.807, 2.05) is 6.07 Å². The van der Waals surface area contributed by atoms with Gasteiger partial charge >= 0.3 is 5.97 Å². The van der Waals surface area contributed by atoms with E-state index in [2.05, 4.69) is 4.74 Å². The lowest BCUT2D eigenvalue weighted by atomic mass is 10.1. The summed E-state index contributed by atoms with van der Waals surface area (Å²) in [5.41, 5.74) is 0.486. The van der Waals surface area contributed by atoms with Crippen molar-refractivity contribution in [1.29, 1.82) is 5.26 Å². The molecule has 0 atom stereocenters. The van der Waals surface area contributed by atoms with E-state index in [1.165, 1.54) is 19.2 Å². The van der Waals surface area contributed by atoms with Crippen molar-refractivity contribution in [2.75, 3.05) is 13.4 Å². The number of esters is 1. The summed E-state index contributed by atoms with van der Waals surface area (Å²) in [7, 11) is -2.27. The second-order valence-corrected chi connectivity index (χ2v) is 5.52. The van der Waals surface area contributed by atoms with Crippen LogP contribution in [0.5, 0.6) is 0 Å². The van der Waals surface area contributed by atoms with Crippen molar-refractivity contribution in [1.82, 2.24) is 0 Å². The maximum atomic E-state index is 11.5. The van der Waals surface area contributed by atoms with Crippen LogP contribution in [-0.4, -0.2) is 27.8 Å². The lowest BCUT2D eigenvalue weighted by molar-refractivity contribution is 0.0600. The van der Waals surface area contributed by atoms with E-state index in [-0.39, 0.29) is 16.0 Å². The van der Waals surface area contributed by atoms with Crippen LogP contribution in [0.4, 0.5) is 0 Å². The molecule has 5 nitrogen and oxygen atoms in total. The Labute approximate surface area is 99.5 Å². The molecule has 0 spiro atoms. The Balaban J connectivity index is 3.62. The van der Waals surface area contributed by atoms with Gasteiger partial charge in [0.25, 0.3) is 0 Å². The zero-order chi connectivity index (χ0) is 13.2. The normalized spacial score (nSPS) is 10.7. The second kappa shape index (κ2) is 4.55. The molecule has 17 heavy (non-hydrogen) atoms. The molecule has 0 saturated heterocycles. The number of methoxy groups -OCH3 is 1. The zero-order valence-electron chi connectivity index (χ0n) is 9.64. The van der Waals surface area contributed by atoms with E-state index in [9.17, 15) is 13.2 Å². The summed E-state index contributed by atoms with van der Waals surface area (Å²) in [6.45, 7) is 1.57. The van der Waals surface area contributed by atoms with Gasteiger partial charge in [-0.1, -0.05) is 0 Å². The zero-order valence-corrected chi connectivity index (χ0v) is 10.5. The van der Waals surface area contributed by atoms with Crippen LogP contribution >= 0.6 is 0 Å². The SMILES string of the molecule is COC(=O)c1cc(S(C)(=O)=O)c(C)cc1C#N. The van der Waals surface area contributed by atoms with Crippen LogP contribution in [0.2, 0.25) is 0 Å². The first-order valence-corrected chi connectivity index (χ1v) is 6.53. The molecule has 0 N–H and O–H groups in total. The molecule has 0 aromatic heterocycles. The molecular weight excluding hydrogens is 242 g/mol. The minimum atomic E-state index is -3.44. The van der Waals surface area contributed by atoms with Gasteiger partial charge in [0.15, 0.2) is 9.84 Å². The molecule has 0 heterocycles. The van der Waals surface area contributed by atoms with E-state index < -0.39 is 15.8 Å². The Morgan fingerprint density at radius 1 is 1.41 bits per heavy atom. The highest BCUT2D eigenvalue weighted by Gasteiger charge is 2.19. The van der Waals surface area contributed by atoms with Crippen molar-refractivity contribution in [2.24, 2.45) is 0 Å². The molecule has 1 rings (SSSR count). The number of rotatable bonds is 2. The van der Waals surface area contributed by atoms with E-state index in [0.29, 0.717) is 5.56 Å². The molecule has 0 bridgehead atoms. The summed E-state index contributed by atoms with van der Waals surface area (Å²) < 4.78 is 27.5. The number of nitrogens with zero attached hydrogens (tertiary/aromatic N) is 1.